The molecular formula is C16H18N4O3. The number of rotatable bonds is 5. The van der Waals surface area contributed by atoms with Crippen molar-refractivity contribution < 1.29 is 14.3 Å². The van der Waals surface area contributed by atoms with Gasteiger partial charge in [0.15, 0.2) is 6.61 Å². The van der Waals surface area contributed by atoms with Crippen LogP contribution < -0.4 is 5.32 Å². The van der Waals surface area contributed by atoms with Crippen molar-refractivity contribution in [2.75, 3.05) is 6.61 Å². The Bertz CT molecular complexity index is 661. The first kappa shape index (κ1) is 15.2. The van der Waals surface area contributed by atoms with E-state index in [4.69, 9.17) is 4.74 Å². The molecule has 7 heteroatoms. The Kier molecular flexibility index (Phi) is 4.65. The monoisotopic (exact) mass is 314 g/mol. The van der Waals surface area contributed by atoms with Gasteiger partial charge in [0.1, 0.15) is 12.7 Å². The summed E-state index contributed by atoms with van der Waals surface area (Å²) in [5, 5.41) is 6.88. The molecule has 0 aliphatic heterocycles. The van der Waals surface area contributed by atoms with Crippen LogP contribution in [0.1, 0.15) is 36.0 Å². The van der Waals surface area contributed by atoms with E-state index in [1.54, 1.807) is 35.3 Å². The number of carbonyl (C=O) groups is 2. The lowest BCUT2D eigenvalue weighted by Gasteiger charge is -2.12. The summed E-state index contributed by atoms with van der Waals surface area (Å²) in [4.78, 5) is 27.5. The number of hydrogen-bond donors (Lipinski definition) is 1. The predicted molar refractivity (Wildman–Crippen MR) is 82.0 cm³/mol. The van der Waals surface area contributed by atoms with Crippen LogP contribution >= 0.6 is 0 Å². The average Bonchev–Trinajstić information content (AvgIpc) is 3.26. The van der Waals surface area contributed by atoms with Gasteiger partial charge < -0.3 is 10.1 Å². The number of carbonyl (C=O) groups excluding carboxylic acids is 2. The zero-order valence-electron chi connectivity index (χ0n) is 12.6. The minimum atomic E-state index is -0.517. The molecule has 1 fully saturated rings. The van der Waals surface area contributed by atoms with Crippen LogP contribution in [0.5, 0.6) is 0 Å². The van der Waals surface area contributed by atoms with Gasteiger partial charge in [-0.25, -0.2) is 14.5 Å². The molecular weight excluding hydrogens is 296 g/mol. The molecule has 0 radical (unpaired) electrons. The van der Waals surface area contributed by atoms with Crippen molar-refractivity contribution in [2.24, 2.45) is 0 Å². The van der Waals surface area contributed by atoms with E-state index in [1.807, 2.05) is 0 Å². The summed E-state index contributed by atoms with van der Waals surface area (Å²) >= 11 is 0. The van der Waals surface area contributed by atoms with Crippen molar-refractivity contribution in [3.05, 3.63) is 42.5 Å². The number of amides is 1. The van der Waals surface area contributed by atoms with E-state index in [0.717, 1.165) is 31.4 Å². The second-order valence-corrected chi connectivity index (χ2v) is 5.51. The van der Waals surface area contributed by atoms with Gasteiger partial charge in [0.05, 0.1) is 11.3 Å². The van der Waals surface area contributed by atoms with Crippen LogP contribution in [0.3, 0.4) is 0 Å². The Morgan fingerprint density at radius 3 is 2.61 bits per heavy atom. The zero-order chi connectivity index (χ0) is 16.1. The fourth-order valence-corrected chi connectivity index (χ4v) is 2.65. The molecule has 0 unspecified atom stereocenters. The van der Waals surface area contributed by atoms with E-state index >= 15 is 0 Å². The summed E-state index contributed by atoms with van der Waals surface area (Å²) in [5.41, 5.74) is 1.18. The maximum atomic E-state index is 11.9. The van der Waals surface area contributed by atoms with Gasteiger partial charge in [0.25, 0.3) is 5.91 Å². The second-order valence-electron chi connectivity index (χ2n) is 5.51. The van der Waals surface area contributed by atoms with Crippen LogP contribution in [0.15, 0.2) is 36.9 Å². The van der Waals surface area contributed by atoms with Crippen molar-refractivity contribution in [1.29, 1.82) is 0 Å². The number of nitrogens with zero attached hydrogens (tertiary/aromatic N) is 3. The van der Waals surface area contributed by atoms with Crippen molar-refractivity contribution in [3.63, 3.8) is 0 Å². The Labute approximate surface area is 133 Å². The molecule has 1 heterocycles. The Balaban J connectivity index is 1.50. The van der Waals surface area contributed by atoms with Gasteiger partial charge in [-0.2, -0.15) is 5.10 Å². The Morgan fingerprint density at radius 2 is 1.96 bits per heavy atom. The van der Waals surface area contributed by atoms with Gasteiger partial charge >= 0.3 is 5.97 Å². The molecule has 7 nitrogen and oxygen atoms in total. The van der Waals surface area contributed by atoms with Crippen LogP contribution in [0.2, 0.25) is 0 Å². The third kappa shape index (κ3) is 3.94. The number of benzene rings is 1. The largest absolute Gasteiger partial charge is 0.452 e. The third-order valence-corrected chi connectivity index (χ3v) is 3.84. The molecule has 0 saturated heterocycles. The number of nitrogens with one attached hydrogen (secondary N) is 1. The van der Waals surface area contributed by atoms with Crippen molar-refractivity contribution in [3.8, 4) is 5.69 Å². The first-order chi connectivity index (χ1) is 11.2. The molecule has 0 spiro atoms. The van der Waals surface area contributed by atoms with E-state index in [-0.39, 0.29) is 18.6 Å². The highest BCUT2D eigenvalue weighted by Crippen LogP contribution is 2.17. The summed E-state index contributed by atoms with van der Waals surface area (Å²) in [6.45, 7) is -0.250. The lowest BCUT2D eigenvalue weighted by Crippen LogP contribution is -2.35. The lowest BCUT2D eigenvalue weighted by molar-refractivity contribution is -0.124. The van der Waals surface area contributed by atoms with Crippen LogP contribution in [-0.4, -0.2) is 39.3 Å². The zero-order valence-corrected chi connectivity index (χ0v) is 12.6. The summed E-state index contributed by atoms with van der Waals surface area (Å²) in [6.07, 6.45) is 7.30. The quantitative estimate of drug-likeness (QED) is 0.845. The van der Waals surface area contributed by atoms with Gasteiger partial charge in [0.2, 0.25) is 0 Å². The average molecular weight is 314 g/mol. The standard InChI is InChI=1S/C16H18N4O3/c21-15(19-13-3-1-2-4-13)9-23-16(22)12-5-7-14(8-6-12)20-11-17-10-18-20/h5-8,10-11,13H,1-4,9H2,(H,19,21). The summed E-state index contributed by atoms with van der Waals surface area (Å²) < 4.78 is 6.63. The third-order valence-electron chi connectivity index (χ3n) is 3.84. The maximum Gasteiger partial charge on any atom is 0.338 e. The molecule has 1 aliphatic carbocycles. The molecule has 1 saturated carbocycles. The molecule has 1 aliphatic rings. The first-order valence-electron chi connectivity index (χ1n) is 7.64. The minimum absolute atomic E-state index is 0.225. The number of esters is 1. The molecule has 0 atom stereocenters. The van der Waals surface area contributed by atoms with Gasteiger partial charge in [0, 0.05) is 6.04 Å². The summed E-state index contributed by atoms with van der Waals surface area (Å²) in [5.74, 6) is -0.763. The highest BCUT2D eigenvalue weighted by molar-refractivity contribution is 5.91. The molecule has 0 bridgehead atoms. The smallest absolute Gasteiger partial charge is 0.338 e. The molecule has 23 heavy (non-hydrogen) atoms. The van der Waals surface area contributed by atoms with Crippen LogP contribution in [0.4, 0.5) is 0 Å². The van der Waals surface area contributed by atoms with Crippen molar-refractivity contribution in [2.45, 2.75) is 31.7 Å². The Hall–Kier alpha value is -2.70. The van der Waals surface area contributed by atoms with Gasteiger partial charge in [-0.05, 0) is 37.1 Å². The van der Waals surface area contributed by atoms with E-state index in [1.165, 1.54) is 6.33 Å². The van der Waals surface area contributed by atoms with Crippen molar-refractivity contribution in [1.82, 2.24) is 20.1 Å². The number of aromatic nitrogens is 3. The molecule has 1 aromatic carbocycles. The molecule has 1 amide bonds. The molecule has 1 N–H and O–H groups in total. The van der Waals surface area contributed by atoms with Crippen LogP contribution in [-0.2, 0) is 9.53 Å². The highest BCUT2D eigenvalue weighted by Gasteiger charge is 2.18. The van der Waals surface area contributed by atoms with Gasteiger partial charge in [-0.3, -0.25) is 4.79 Å². The number of ether oxygens (including phenoxy) is 1. The van der Waals surface area contributed by atoms with E-state index in [0.29, 0.717) is 5.56 Å². The second kappa shape index (κ2) is 7.04. The number of hydrogen-bond acceptors (Lipinski definition) is 5. The SMILES string of the molecule is O=C(COC(=O)c1ccc(-n2cncn2)cc1)NC1CCCC1. The Morgan fingerprint density at radius 1 is 1.22 bits per heavy atom. The highest BCUT2D eigenvalue weighted by atomic mass is 16.5. The molecule has 1 aromatic heterocycles. The van der Waals surface area contributed by atoms with Gasteiger partial charge in [-0.1, -0.05) is 12.8 Å². The molecule has 3 rings (SSSR count). The minimum Gasteiger partial charge on any atom is -0.452 e. The lowest BCUT2D eigenvalue weighted by atomic mass is 10.2. The normalized spacial score (nSPS) is 14.6. The van der Waals surface area contributed by atoms with Crippen molar-refractivity contribution >= 4 is 11.9 Å². The fourth-order valence-electron chi connectivity index (χ4n) is 2.65. The first-order valence-corrected chi connectivity index (χ1v) is 7.64. The van der Waals surface area contributed by atoms with Gasteiger partial charge in [-0.15, -0.1) is 0 Å². The fraction of sp³-hybridized carbons (Fsp3) is 0.375. The van der Waals surface area contributed by atoms with E-state index < -0.39 is 5.97 Å². The van der Waals surface area contributed by atoms with E-state index in [2.05, 4.69) is 15.4 Å². The topological polar surface area (TPSA) is 86.1 Å². The summed E-state index contributed by atoms with van der Waals surface area (Å²) in [7, 11) is 0. The molecule has 2 aromatic rings. The van der Waals surface area contributed by atoms with Crippen LogP contribution in [0.25, 0.3) is 5.69 Å². The summed E-state index contributed by atoms with van der Waals surface area (Å²) in [6, 6.07) is 6.97. The molecule has 120 valence electrons. The van der Waals surface area contributed by atoms with E-state index in [9.17, 15) is 9.59 Å². The van der Waals surface area contributed by atoms with Crippen LogP contribution in [0, 0.1) is 0 Å². The maximum absolute atomic E-state index is 11.9. The predicted octanol–water partition coefficient (Wildman–Crippen LogP) is 1.48.